The molecule has 1 aromatic heterocycles. The maximum Gasteiger partial charge on any atom is 0.387 e. The number of rotatable bonds is 7. The van der Waals surface area contributed by atoms with Crippen LogP contribution >= 0.6 is 0 Å². The summed E-state index contributed by atoms with van der Waals surface area (Å²) in [6, 6.07) is 18.6. The number of para-hydroxylation sites is 1. The van der Waals surface area contributed by atoms with Gasteiger partial charge in [-0.3, -0.25) is 9.59 Å². The average molecular weight is 479 g/mol. The third kappa shape index (κ3) is 4.87. The summed E-state index contributed by atoms with van der Waals surface area (Å²) in [7, 11) is 2.94. The third-order valence-corrected chi connectivity index (χ3v) is 5.62. The van der Waals surface area contributed by atoms with E-state index in [2.05, 4.69) is 4.74 Å². The number of ether oxygens (including phenoxy) is 2. The minimum absolute atomic E-state index is 0.0973. The molecule has 0 unspecified atom stereocenters. The van der Waals surface area contributed by atoms with Crippen LogP contribution < -0.4 is 14.9 Å². The van der Waals surface area contributed by atoms with E-state index >= 15 is 0 Å². The van der Waals surface area contributed by atoms with E-state index in [9.17, 15) is 18.4 Å². The van der Waals surface area contributed by atoms with Crippen molar-refractivity contribution in [1.82, 2.24) is 4.90 Å². The van der Waals surface area contributed by atoms with E-state index in [1.807, 2.05) is 30.3 Å². The van der Waals surface area contributed by atoms with Crippen molar-refractivity contribution in [2.45, 2.75) is 20.1 Å². The molecule has 1 amide bonds. The predicted molar refractivity (Wildman–Crippen MR) is 128 cm³/mol. The van der Waals surface area contributed by atoms with E-state index in [0.717, 1.165) is 5.56 Å². The second-order valence-electron chi connectivity index (χ2n) is 7.96. The molecule has 0 aliphatic carbocycles. The lowest BCUT2D eigenvalue weighted by molar-refractivity contribution is -0.0512. The zero-order valence-corrected chi connectivity index (χ0v) is 19.4. The summed E-state index contributed by atoms with van der Waals surface area (Å²) in [6.45, 7) is -1.13. The molecule has 0 aliphatic rings. The van der Waals surface area contributed by atoms with Gasteiger partial charge in [-0.15, -0.1) is 0 Å². The minimum Gasteiger partial charge on any atom is -0.493 e. The molecule has 0 aliphatic heterocycles. The predicted octanol–water partition coefficient (Wildman–Crippen LogP) is 5.65. The van der Waals surface area contributed by atoms with Gasteiger partial charge in [-0.05, 0) is 36.8 Å². The SMILES string of the molecule is COc1cc(CN(C)C(=O)c2cccc3c(=O)c(C)c(-c4ccccc4)oc23)ccc1OC(F)F. The smallest absolute Gasteiger partial charge is 0.387 e. The molecule has 6 nitrogen and oxygen atoms in total. The van der Waals surface area contributed by atoms with Crippen LogP contribution in [0.5, 0.6) is 11.5 Å². The molecule has 8 heteroatoms. The molecule has 0 saturated carbocycles. The van der Waals surface area contributed by atoms with Gasteiger partial charge in [0.25, 0.3) is 5.91 Å². The Kier molecular flexibility index (Phi) is 6.82. The number of benzene rings is 3. The van der Waals surface area contributed by atoms with Crippen LogP contribution in [-0.4, -0.2) is 31.6 Å². The highest BCUT2D eigenvalue weighted by atomic mass is 19.3. The van der Waals surface area contributed by atoms with Gasteiger partial charge in [0.15, 0.2) is 22.5 Å². The van der Waals surface area contributed by atoms with Crippen LogP contribution in [0.15, 0.2) is 75.9 Å². The van der Waals surface area contributed by atoms with Crippen LogP contribution in [0.2, 0.25) is 0 Å². The molecule has 0 atom stereocenters. The average Bonchev–Trinajstić information content (AvgIpc) is 2.86. The van der Waals surface area contributed by atoms with E-state index in [1.54, 1.807) is 38.2 Å². The lowest BCUT2D eigenvalue weighted by atomic mass is 10.0. The standard InChI is InChI=1S/C27H23F2NO5/c1-16-23(31)19-10-7-11-20(25(19)35-24(16)18-8-5-4-6-9-18)26(32)30(2)15-17-12-13-21(34-27(28)29)22(14-17)33-3/h4-14,27H,15H2,1-3H3. The number of nitrogens with zero attached hydrogens (tertiary/aromatic N) is 1. The molecule has 0 N–H and O–H groups in total. The second kappa shape index (κ2) is 9.97. The van der Waals surface area contributed by atoms with Gasteiger partial charge >= 0.3 is 6.61 Å². The molecule has 35 heavy (non-hydrogen) atoms. The lowest BCUT2D eigenvalue weighted by Gasteiger charge is -2.19. The van der Waals surface area contributed by atoms with Crippen LogP contribution in [0.1, 0.15) is 21.5 Å². The topological polar surface area (TPSA) is 69.0 Å². The number of amides is 1. The molecular weight excluding hydrogens is 456 g/mol. The maximum atomic E-state index is 13.4. The highest BCUT2D eigenvalue weighted by molar-refractivity contribution is 6.05. The number of halogens is 2. The van der Waals surface area contributed by atoms with Crippen molar-refractivity contribution in [3.63, 3.8) is 0 Å². The Morgan fingerprint density at radius 1 is 1.03 bits per heavy atom. The van der Waals surface area contributed by atoms with Gasteiger partial charge in [0.1, 0.15) is 5.76 Å². The van der Waals surface area contributed by atoms with Gasteiger partial charge in [0.05, 0.1) is 18.1 Å². The van der Waals surface area contributed by atoms with Crippen molar-refractivity contribution in [2.24, 2.45) is 0 Å². The van der Waals surface area contributed by atoms with Crippen molar-refractivity contribution >= 4 is 16.9 Å². The second-order valence-corrected chi connectivity index (χ2v) is 7.96. The summed E-state index contributed by atoms with van der Waals surface area (Å²) >= 11 is 0. The van der Waals surface area contributed by atoms with E-state index < -0.39 is 6.61 Å². The number of methoxy groups -OCH3 is 1. The summed E-state index contributed by atoms with van der Waals surface area (Å²) in [5.41, 5.74) is 2.07. The highest BCUT2D eigenvalue weighted by Crippen LogP contribution is 2.31. The fourth-order valence-corrected chi connectivity index (χ4v) is 3.90. The fraction of sp³-hybridized carbons (Fsp3) is 0.185. The Balaban J connectivity index is 1.69. The quantitative estimate of drug-likeness (QED) is 0.343. The molecule has 0 radical (unpaired) electrons. The first-order chi connectivity index (χ1) is 16.8. The first-order valence-electron chi connectivity index (χ1n) is 10.8. The molecule has 0 saturated heterocycles. The number of alkyl halides is 2. The van der Waals surface area contributed by atoms with Crippen molar-refractivity contribution in [3.05, 3.63) is 93.6 Å². The van der Waals surface area contributed by atoms with Crippen molar-refractivity contribution in [3.8, 4) is 22.8 Å². The number of hydrogen-bond donors (Lipinski definition) is 0. The monoisotopic (exact) mass is 479 g/mol. The van der Waals surface area contributed by atoms with E-state index in [-0.39, 0.29) is 40.5 Å². The lowest BCUT2D eigenvalue weighted by Crippen LogP contribution is -2.26. The Hall–Kier alpha value is -4.20. The van der Waals surface area contributed by atoms with Gasteiger partial charge in [-0.25, -0.2) is 0 Å². The van der Waals surface area contributed by atoms with Crippen LogP contribution in [0, 0.1) is 6.92 Å². The summed E-state index contributed by atoms with van der Waals surface area (Å²) < 4.78 is 40.9. The summed E-state index contributed by atoms with van der Waals surface area (Å²) in [4.78, 5) is 27.9. The number of fused-ring (bicyclic) bond motifs is 1. The Morgan fingerprint density at radius 2 is 1.77 bits per heavy atom. The third-order valence-electron chi connectivity index (χ3n) is 5.62. The maximum absolute atomic E-state index is 13.4. The van der Waals surface area contributed by atoms with Gasteiger partial charge in [-0.1, -0.05) is 42.5 Å². The first kappa shape index (κ1) is 23.9. The largest absolute Gasteiger partial charge is 0.493 e. The molecule has 4 aromatic rings. The first-order valence-corrected chi connectivity index (χ1v) is 10.8. The fourth-order valence-electron chi connectivity index (χ4n) is 3.90. The summed E-state index contributed by atoms with van der Waals surface area (Å²) in [6.07, 6.45) is 0. The molecule has 0 fully saturated rings. The number of carbonyl (C=O) groups is 1. The van der Waals surface area contributed by atoms with Crippen LogP contribution in [0.25, 0.3) is 22.3 Å². The van der Waals surface area contributed by atoms with Crippen molar-refractivity contribution in [2.75, 3.05) is 14.2 Å². The van der Waals surface area contributed by atoms with Gasteiger partial charge in [-0.2, -0.15) is 8.78 Å². The zero-order chi connectivity index (χ0) is 25.1. The molecule has 1 heterocycles. The van der Waals surface area contributed by atoms with Crippen LogP contribution in [0.3, 0.4) is 0 Å². The van der Waals surface area contributed by atoms with Crippen molar-refractivity contribution in [1.29, 1.82) is 0 Å². The molecule has 0 bridgehead atoms. The molecule has 3 aromatic carbocycles. The van der Waals surface area contributed by atoms with Crippen LogP contribution in [0.4, 0.5) is 8.78 Å². The van der Waals surface area contributed by atoms with Gasteiger partial charge < -0.3 is 18.8 Å². The Morgan fingerprint density at radius 3 is 2.46 bits per heavy atom. The Bertz CT molecular complexity index is 1430. The molecule has 4 rings (SSSR count). The summed E-state index contributed by atoms with van der Waals surface area (Å²) in [5, 5.41) is 0.316. The van der Waals surface area contributed by atoms with Crippen LogP contribution in [-0.2, 0) is 6.54 Å². The minimum atomic E-state index is -2.98. The Labute approximate surface area is 200 Å². The van der Waals surface area contributed by atoms with E-state index in [0.29, 0.717) is 22.3 Å². The number of hydrogen-bond acceptors (Lipinski definition) is 5. The number of carbonyl (C=O) groups excluding carboxylic acids is 1. The normalized spacial score (nSPS) is 11.0. The van der Waals surface area contributed by atoms with Crippen molar-refractivity contribution < 1.29 is 27.5 Å². The summed E-state index contributed by atoms with van der Waals surface area (Å²) in [5.74, 6) is 0.0708. The van der Waals surface area contributed by atoms with Gasteiger partial charge in [0.2, 0.25) is 0 Å². The molecular formula is C27H23F2NO5. The van der Waals surface area contributed by atoms with Gasteiger partial charge in [0, 0.05) is 24.7 Å². The molecule has 0 spiro atoms. The zero-order valence-electron chi connectivity index (χ0n) is 19.4. The highest BCUT2D eigenvalue weighted by Gasteiger charge is 2.21. The van der Waals surface area contributed by atoms with E-state index in [1.165, 1.54) is 24.1 Å². The molecule has 180 valence electrons. The van der Waals surface area contributed by atoms with E-state index in [4.69, 9.17) is 9.15 Å².